The van der Waals surface area contributed by atoms with Crippen LogP contribution in [0.5, 0.6) is 5.75 Å². The molecule has 0 saturated heterocycles. The molecule has 0 heterocycles. The molecule has 0 saturated carbocycles. The summed E-state index contributed by atoms with van der Waals surface area (Å²) in [5.74, 6) is 0.176. The lowest BCUT2D eigenvalue weighted by atomic mass is 10.2. The molecular weight excluding hydrogens is 359 g/mol. The SMILES string of the molecule is CCOC(=O)Oc1ccccc1C=Nc1ccc(Cl)c(C(F)(F)F)c1. The monoisotopic (exact) mass is 371 g/mol. The number of hydrogen-bond donors (Lipinski definition) is 0. The molecule has 0 spiro atoms. The van der Waals surface area contributed by atoms with Gasteiger partial charge >= 0.3 is 12.3 Å². The number of para-hydroxylation sites is 1. The first-order valence-corrected chi connectivity index (χ1v) is 7.53. The largest absolute Gasteiger partial charge is 0.513 e. The van der Waals surface area contributed by atoms with E-state index in [0.717, 1.165) is 12.1 Å². The van der Waals surface area contributed by atoms with Crippen LogP contribution in [0.2, 0.25) is 5.02 Å². The van der Waals surface area contributed by atoms with Gasteiger partial charge in [-0.25, -0.2) is 4.79 Å². The number of ether oxygens (including phenoxy) is 2. The van der Waals surface area contributed by atoms with Crippen molar-refractivity contribution in [3.63, 3.8) is 0 Å². The fraction of sp³-hybridized carbons (Fsp3) is 0.176. The van der Waals surface area contributed by atoms with E-state index in [0.29, 0.717) is 5.56 Å². The maximum absolute atomic E-state index is 12.9. The van der Waals surface area contributed by atoms with Crippen LogP contribution in [0.4, 0.5) is 23.7 Å². The van der Waals surface area contributed by atoms with Crippen LogP contribution in [0.1, 0.15) is 18.1 Å². The molecule has 0 N–H and O–H groups in total. The minimum Gasteiger partial charge on any atom is -0.434 e. The minimum atomic E-state index is -4.58. The van der Waals surface area contributed by atoms with E-state index in [1.54, 1.807) is 25.1 Å². The Hall–Kier alpha value is -2.54. The third-order valence-corrected chi connectivity index (χ3v) is 3.31. The summed E-state index contributed by atoms with van der Waals surface area (Å²) in [4.78, 5) is 15.4. The van der Waals surface area contributed by atoms with Crippen molar-refractivity contribution in [2.75, 3.05) is 6.61 Å². The summed E-state index contributed by atoms with van der Waals surface area (Å²) < 4.78 is 48.3. The predicted octanol–water partition coefficient (Wildman–Crippen LogP) is 5.64. The molecule has 8 heteroatoms. The first kappa shape index (κ1) is 18.8. The third-order valence-electron chi connectivity index (χ3n) is 2.98. The first-order valence-electron chi connectivity index (χ1n) is 7.15. The van der Waals surface area contributed by atoms with Crippen LogP contribution >= 0.6 is 11.6 Å². The number of carbonyl (C=O) groups excluding carboxylic acids is 1. The Morgan fingerprint density at radius 1 is 1.24 bits per heavy atom. The van der Waals surface area contributed by atoms with E-state index in [-0.39, 0.29) is 18.0 Å². The number of rotatable bonds is 4. The second kappa shape index (κ2) is 8.02. The van der Waals surface area contributed by atoms with Crippen molar-refractivity contribution in [3.05, 3.63) is 58.6 Å². The molecule has 0 radical (unpaired) electrons. The van der Waals surface area contributed by atoms with E-state index in [9.17, 15) is 18.0 Å². The highest BCUT2D eigenvalue weighted by atomic mass is 35.5. The lowest BCUT2D eigenvalue weighted by Gasteiger charge is -2.09. The van der Waals surface area contributed by atoms with E-state index in [2.05, 4.69) is 9.73 Å². The summed E-state index contributed by atoms with van der Waals surface area (Å²) in [5, 5.41) is -0.405. The summed E-state index contributed by atoms with van der Waals surface area (Å²) >= 11 is 5.57. The average Bonchev–Trinajstić information content (AvgIpc) is 2.54. The Morgan fingerprint density at radius 3 is 2.64 bits per heavy atom. The number of halogens is 4. The first-order chi connectivity index (χ1) is 11.8. The van der Waals surface area contributed by atoms with Gasteiger partial charge in [0.05, 0.1) is 22.9 Å². The third kappa shape index (κ3) is 5.22. The van der Waals surface area contributed by atoms with Crippen molar-refractivity contribution in [3.8, 4) is 5.75 Å². The minimum absolute atomic E-state index is 0.0580. The van der Waals surface area contributed by atoms with Crippen LogP contribution in [-0.4, -0.2) is 19.0 Å². The van der Waals surface area contributed by atoms with Crippen molar-refractivity contribution >= 4 is 29.7 Å². The highest BCUT2D eigenvalue weighted by Gasteiger charge is 2.33. The van der Waals surface area contributed by atoms with Gasteiger partial charge in [0.15, 0.2) is 0 Å². The molecule has 0 atom stereocenters. The van der Waals surface area contributed by atoms with E-state index in [1.165, 1.54) is 18.3 Å². The fourth-order valence-corrected chi connectivity index (χ4v) is 2.10. The van der Waals surface area contributed by atoms with Crippen LogP contribution in [0.25, 0.3) is 0 Å². The standard InChI is InChI=1S/C17H13ClF3NO3/c1-2-24-16(23)25-15-6-4-3-5-11(15)10-22-12-7-8-14(18)13(9-12)17(19,20)21/h3-10H,2H2,1H3. The number of hydrogen-bond acceptors (Lipinski definition) is 4. The van der Waals surface area contributed by atoms with E-state index in [1.807, 2.05) is 0 Å². The van der Waals surface area contributed by atoms with Gasteiger partial charge in [0.1, 0.15) is 5.75 Å². The molecule has 0 aliphatic rings. The molecule has 25 heavy (non-hydrogen) atoms. The molecular formula is C17H13ClF3NO3. The smallest absolute Gasteiger partial charge is 0.434 e. The van der Waals surface area contributed by atoms with Gasteiger partial charge in [-0.2, -0.15) is 13.2 Å². The predicted molar refractivity (Wildman–Crippen MR) is 87.8 cm³/mol. The zero-order chi connectivity index (χ0) is 18.4. The average molecular weight is 372 g/mol. The molecule has 4 nitrogen and oxygen atoms in total. The molecule has 2 aromatic carbocycles. The van der Waals surface area contributed by atoms with Crippen molar-refractivity contribution in [1.82, 2.24) is 0 Å². The lowest BCUT2D eigenvalue weighted by molar-refractivity contribution is -0.137. The summed E-state index contributed by atoms with van der Waals surface area (Å²) in [6.45, 7) is 1.79. The molecule has 0 fully saturated rings. The number of alkyl halides is 3. The van der Waals surface area contributed by atoms with Crippen LogP contribution in [0.3, 0.4) is 0 Å². The Labute approximate surface area is 146 Å². The van der Waals surface area contributed by atoms with Gasteiger partial charge < -0.3 is 9.47 Å². The van der Waals surface area contributed by atoms with Crippen molar-refractivity contribution in [2.45, 2.75) is 13.1 Å². The molecule has 0 unspecified atom stereocenters. The molecule has 0 aliphatic heterocycles. The van der Waals surface area contributed by atoms with E-state index >= 15 is 0 Å². The maximum atomic E-state index is 12.9. The van der Waals surface area contributed by atoms with Crippen molar-refractivity contribution in [2.24, 2.45) is 4.99 Å². The number of carbonyl (C=O) groups is 1. The van der Waals surface area contributed by atoms with E-state index in [4.69, 9.17) is 16.3 Å². The molecule has 0 aliphatic carbocycles. The molecule has 0 aromatic heterocycles. The topological polar surface area (TPSA) is 47.9 Å². The Balaban J connectivity index is 2.27. The summed E-state index contributed by atoms with van der Waals surface area (Å²) in [5.41, 5.74) is -0.512. The Bertz CT molecular complexity index is 791. The van der Waals surface area contributed by atoms with Crippen LogP contribution in [0.15, 0.2) is 47.5 Å². The maximum Gasteiger partial charge on any atom is 0.513 e. The number of nitrogens with zero attached hydrogens (tertiary/aromatic N) is 1. The quantitative estimate of drug-likeness (QED) is 0.396. The van der Waals surface area contributed by atoms with Gasteiger partial charge in [-0.15, -0.1) is 0 Å². The summed E-state index contributed by atoms with van der Waals surface area (Å²) in [7, 11) is 0. The Morgan fingerprint density at radius 2 is 1.96 bits per heavy atom. The van der Waals surface area contributed by atoms with E-state index < -0.39 is 22.9 Å². The second-order valence-corrected chi connectivity index (χ2v) is 5.15. The van der Waals surface area contributed by atoms with Crippen LogP contribution in [-0.2, 0) is 10.9 Å². The summed E-state index contributed by atoms with van der Waals surface area (Å²) in [6.07, 6.45) is -4.17. The highest BCUT2D eigenvalue weighted by molar-refractivity contribution is 6.31. The number of benzene rings is 2. The Kier molecular flexibility index (Phi) is 6.03. The van der Waals surface area contributed by atoms with Crippen molar-refractivity contribution < 1.29 is 27.4 Å². The van der Waals surface area contributed by atoms with Gasteiger partial charge in [0.25, 0.3) is 0 Å². The second-order valence-electron chi connectivity index (χ2n) is 4.74. The zero-order valence-electron chi connectivity index (χ0n) is 13.0. The fourth-order valence-electron chi connectivity index (χ4n) is 1.87. The molecule has 0 amide bonds. The van der Waals surface area contributed by atoms with Gasteiger partial charge in [0, 0.05) is 11.8 Å². The molecule has 132 valence electrons. The molecule has 0 bridgehead atoms. The van der Waals surface area contributed by atoms with Crippen LogP contribution < -0.4 is 4.74 Å². The zero-order valence-corrected chi connectivity index (χ0v) is 13.8. The van der Waals surface area contributed by atoms with Crippen LogP contribution in [0, 0.1) is 0 Å². The normalized spacial score (nSPS) is 11.6. The van der Waals surface area contributed by atoms with Gasteiger partial charge in [0.2, 0.25) is 0 Å². The van der Waals surface area contributed by atoms with Gasteiger partial charge in [-0.3, -0.25) is 4.99 Å². The van der Waals surface area contributed by atoms with Gasteiger partial charge in [-0.1, -0.05) is 23.7 Å². The summed E-state index contributed by atoms with van der Waals surface area (Å²) in [6, 6.07) is 9.73. The molecule has 2 aromatic rings. The van der Waals surface area contributed by atoms with Gasteiger partial charge in [-0.05, 0) is 37.3 Å². The highest BCUT2D eigenvalue weighted by Crippen LogP contribution is 2.36. The molecule has 2 rings (SSSR count). The van der Waals surface area contributed by atoms with Crippen molar-refractivity contribution in [1.29, 1.82) is 0 Å². The number of aliphatic imine (C=N–C) groups is 1. The lowest BCUT2D eigenvalue weighted by Crippen LogP contribution is -2.11.